The molecule has 1 aromatic carbocycles. The number of anilines is 1. The molecular weight excluding hydrogens is 253 g/mol. The van der Waals surface area contributed by atoms with Gasteiger partial charge in [0.05, 0.1) is 0 Å². The first-order chi connectivity index (χ1) is 8.66. The molecule has 2 N–H and O–H groups in total. The van der Waals surface area contributed by atoms with Gasteiger partial charge in [-0.2, -0.15) is 5.10 Å². The SMILES string of the molecule is Nc1nn(-c2cc(Cl)ccc2F)c2c1CCCC2. The molecule has 0 unspecified atom stereocenters. The molecule has 1 heterocycles. The van der Waals surface area contributed by atoms with E-state index in [9.17, 15) is 4.39 Å². The van der Waals surface area contributed by atoms with Crippen LogP contribution in [-0.2, 0) is 12.8 Å². The average Bonchev–Trinajstić information content (AvgIpc) is 2.71. The maximum absolute atomic E-state index is 13.9. The quantitative estimate of drug-likeness (QED) is 0.861. The van der Waals surface area contributed by atoms with Gasteiger partial charge >= 0.3 is 0 Å². The predicted molar refractivity (Wildman–Crippen MR) is 69.6 cm³/mol. The fourth-order valence-electron chi connectivity index (χ4n) is 2.47. The first-order valence-electron chi connectivity index (χ1n) is 5.98. The van der Waals surface area contributed by atoms with E-state index in [1.807, 2.05) is 0 Å². The molecule has 0 atom stereocenters. The highest BCUT2D eigenvalue weighted by atomic mass is 35.5. The molecule has 0 saturated carbocycles. The van der Waals surface area contributed by atoms with Crippen LogP contribution in [0.4, 0.5) is 10.2 Å². The van der Waals surface area contributed by atoms with Gasteiger partial charge in [0.2, 0.25) is 0 Å². The maximum atomic E-state index is 13.9. The Morgan fingerprint density at radius 3 is 2.89 bits per heavy atom. The minimum absolute atomic E-state index is 0.338. The van der Waals surface area contributed by atoms with Crippen molar-refractivity contribution in [3.05, 3.63) is 40.3 Å². The molecule has 1 aliphatic rings. The van der Waals surface area contributed by atoms with Crippen molar-refractivity contribution < 1.29 is 4.39 Å². The van der Waals surface area contributed by atoms with Crippen LogP contribution in [0.3, 0.4) is 0 Å². The van der Waals surface area contributed by atoms with E-state index >= 15 is 0 Å². The first kappa shape index (κ1) is 11.5. The van der Waals surface area contributed by atoms with Gasteiger partial charge < -0.3 is 5.73 Å². The van der Waals surface area contributed by atoms with Crippen molar-refractivity contribution in [2.24, 2.45) is 0 Å². The summed E-state index contributed by atoms with van der Waals surface area (Å²) in [6.45, 7) is 0. The van der Waals surface area contributed by atoms with Crippen LogP contribution >= 0.6 is 11.6 Å². The van der Waals surface area contributed by atoms with E-state index in [2.05, 4.69) is 5.10 Å². The molecule has 3 rings (SSSR count). The maximum Gasteiger partial charge on any atom is 0.149 e. The first-order valence-corrected chi connectivity index (χ1v) is 6.36. The molecule has 1 aliphatic carbocycles. The molecule has 0 bridgehead atoms. The van der Waals surface area contributed by atoms with Crippen LogP contribution in [0, 0.1) is 5.82 Å². The number of halogens is 2. The van der Waals surface area contributed by atoms with E-state index < -0.39 is 0 Å². The van der Waals surface area contributed by atoms with Gasteiger partial charge in [0.15, 0.2) is 0 Å². The number of benzene rings is 1. The molecule has 3 nitrogen and oxygen atoms in total. The van der Waals surface area contributed by atoms with Crippen LogP contribution in [0.15, 0.2) is 18.2 Å². The van der Waals surface area contributed by atoms with E-state index in [0.717, 1.165) is 36.9 Å². The van der Waals surface area contributed by atoms with Crippen LogP contribution in [0.2, 0.25) is 5.02 Å². The van der Waals surface area contributed by atoms with E-state index in [1.54, 1.807) is 10.7 Å². The standard InChI is InChI=1S/C13H13ClFN3/c14-8-5-6-10(15)12(7-8)18-11-4-2-1-3-9(11)13(16)17-18/h5-7H,1-4H2,(H2,16,17). The summed E-state index contributed by atoms with van der Waals surface area (Å²) in [6.07, 6.45) is 4.00. The van der Waals surface area contributed by atoms with Crippen LogP contribution in [0.5, 0.6) is 0 Å². The Balaban J connectivity index is 2.20. The fourth-order valence-corrected chi connectivity index (χ4v) is 2.64. The molecule has 2 aromatic rings. The topological polar surface area (TPSA) is 43.8 Å². The molecule has 94 valence electrons. The second-order valence-electron chi connectivity index (χ2n) is 4.53. The van der Waals surface area contributed by atoms with Gasteiger partial charge in [0.1, 0.15) is 17.3 Å². The van der Waals surface area contributed by atoms with Crippen molar-refractivity contribution in [2.45, 2.75) is 25.7 Å². The summed E-state index contributed by atoms with van der Waals surface area (Å²) >= 11 is 5.92. The molecule has 18 heavy (non-hydrogen) atoms. The zero-order chi connectivity index (χ0) is 12.7. The second kappa shape index (κ2) is 4.28. The lowest BCUT2D eigenvalue weighted by Crippen LogP contribution is -2.09. The zero-order valence-corrected chi connectivity index (χ0v) is 10.5. The smallest absolute Gasteiger partial charge is 0.149 e. The van der Waals surface area contributed by atoms with Crippen molar-refractivity contribution >= 4 is 17.4 Å². The van der Waals surface area contributed by atoms with E-state index in [1.165, 1.54) is 12.1 Å². The highest BCUT2D eigenvalue weighted by Gasteiger charge is 2.21. The number of rotatable bonds is 1. The Hall–Kier alpha value is -1.55. The number of nitrogen functional groups attached to an aromatic ring is 1. The third-order valence-electron chi connectivity index (χ3n) is 3.35. The van der Waals surface area contributed by atoms with Gasteiger partial charge in [-0.1, -0.05) is 11.6 Å². The van der Waals surface area contributed by atoms with Crippen molar-refractivity contribution in [1.29, 1.82) is 0 Å². The van der Waals surface area contributed by atoms with Crippen LogP contribution in [0.25, 0.3) is 5.69 Å². The van der Waals surface area contributed by atoms with Gasteiger partial charge in [0.25, 0.3) is 0 Å². The van der Waals surface area contributed by atoms with E-state index in [-0.39, 0.29) is 5.82 Å². The molecule has 0 spiro atoms. The highest BCUT2D eigenvalue weighted by molar-refractivity contribution is 6.30. The van der Waals surface area contributed by atoms with Crippen molar-refractivity contribution in [2.75, 3.05) is 5.73 Å². The average molecular weight is 266 g/mol. The largest absolute Gasteiger partial charge is 0.382 e. The number of hydrogen-bond acceptors (Lipinski definition) is 2. The summed E-state index contributed by atoms with van der Waals surface area (Å²) < 4.78 is 15.5. The monoisotopic (exact) mass is 265 g/mol. The Kier molecular flexibility index (Phi) is 2.74. The Bertz CT molecular complexity index is 607. The lowest BCUT2D eigenvalue weighted by atomic mass is 9.97. The zero-order valence-electron chi connectivity index (χ0n) is 9.79. The Labute approximate surface area is 109 Å². The Morgan fingerprint density at radius 1 is 1.28 bits per heavy atom. The van der Waals surface area contributed by atoms with Crippen molar-refractivity contribution in [1.82, 2.24) is 9.78 Å². The number of hydrogen-bond donors (Lipinski definition) is 1. The fraction of sp³-hybridized carbons (Fsp3) is 0.308. The summed E-state index contributed by atoms with van der Waals surface area (Å²) in [5, 5.41) is 4.75. The van der Waals surface area contributed by atoms with E-state index in [4.69, 9.17) is 17.3 Å². The highest BCUT2D eigenvalue weighted by Crippen LogP contribution is 2.29. The molecule has 0 aliphatic heterocycles. The minimum atomic E-state index is -0.338. The summed E-state index contributed by atoms with van der Waals surface area (Å²) in [5.74, 6) is 0.166. The van der Waals surface area contributed by atoms with Crippen LogP contribution < -0.4 is 5.73 Å². The summed E-state index contributed by atoms with van der Waals surface area (Å²) in [5.41, 5.74) is 8.34. The molecule has 0 saturated heterocycles. The van der Waals surface area contributed by atoms with Crippen molar-refractivity contribution in [3.8, 4) is 5.69 Å². The van der Waals surface area contributed by atoms with Gasteiger partial charge in [-0.25, -0.2) is 9.07 Å². The van der Waals surface area contributed by atoms with Gasteiger partial charge in [-0.3, -0.25) is 0 Å². The molecule has 1 aromatic heterocycles. The summed E-state index contributed by atoms with van der Waals surface area (Å²) in [4.78, 5) is 0. The molecule has 0 radical (unpaired) electrons. The Morgan fingerprint density at radius 2 is 2.06 bits per heavy atom. The lowest BCUT2D eigenvalue weighted by molar-refractivity contribution is 0.597. The van der Waals surface area contributed by atoms with Gasteiger partial charge in [0, 0.05) is 16.3 Å². The molecular formula is C13H13ClFN3. The number of aromatic nitrogens is 2. The minimum Gasteiger partial charge on any atom is -0.382 e. The third-order valence-corrected chi connectivity index (χ3v) is 3.58. The molecule has 5 heteroatoms. The summed E-state index contributed by atoms with van der Waals surface area (Å²) in [6, 6.07) is 4.46. The predicted octanol–water partition coefficient (Wildman–Crippen LogP) is 3.13. The van der Waals surface area contributed by atoms with Crippen molar-refractivity contribution in [3.63, 3.8) is 0 Å². The molecule has 0 fully saturated rings. The van der Waals surface area contributed by atoms with Crippen LogP contribution in [0.1, 0.15) is 24.1 Å². The van der Waals surface area contributed by atoms with Gasteiger partial charge in [-0.05, 0) is 43.9 Å². The van der Waals surface area contributed by atoms with Crippen LogP contribution in [-0.4, -0.2) is 9.78 Å². The lowest BCUT2D eigenvalue weighted by Gasteiger charge is -2.14. The number of fused-ring (bicyclic) bond motifs is 1. The normalized spacial score (nSPS) is 14.6. The third kappa shape index (κ3) is 1.77. The second-order valence-corrected chi connectivity index (χ2v) is 4.96. The summed E-state index contributed by atoms with van der Waals surface area (Å²) in [7, 11) is 0. The van der Waals surface area contributed by atoms with E-state index in [0.29, 0.717) is 16.5 Å². The molecule has 0 amide bonds. The van der Waals surface area contributed by atoms with Gasteiger partial charge in [-0.15, -0.1) is 0 Å². The number of nitrogens with zero attached hydrogens (tertiary/aromatic N) is 2. The number of nitrogens with two attached hydrogens (primary N) is 1.